The monoisotopic (exact) mass is 831 g/mol. The van der Waals surface area contributed by atoms with Crippen molar-refractivity contribution in [2.24, 2.45) is 33.1 Å². The Labute approximate surface area is 336 Å². The van der Waals surface area contributed by atoms with Gasteiger partial charge in [-0.3, -0.25) is 48.3 Å². The number of carboxylic acids is 1. The third-order valence-electron chi connectivity index (χ3n) is 9.36. The Morgan fingerprint density at radius 1 is 0.912 bits per heavy atom. The third-order valence-corrected chi connectivity index (χ3v) is 11.8. The summed E-state index contributed by atoms with van der Waals surface area (Å²) in [6.07, 6.45) is 9.70. The molecule has 4 aliphatic rings. The summed E-state index contributed by atoms with van der Waals surface area (Å²) >= 11 is 0. The highest BCUT2D eigenvalue weighted by Gasteiger charge is 2.41. The van der Waals surface area contributed by atoms with Crippen molar-refractivity contribution in [2.75, 3.05) is 31.1 Å². The number of unbranched alkanes of at least 4 members (excludes halogenated alkanes) is 1. The van der Waals surface area contributed by atoms with E-state index in [4.69, 9.17) is 17.2 Å². The van der Waals surface area contributed by atoms with Gasteiger partial charge < -0.3 is 53.8 Å². The van der Waals surface area contributed by atoms with Crippen molar-refractivity contribution in [3.8, 4) is 0 Å². The third kappa shape index (κ3) is 13.7. The highest BCUT2D eigenvalue weighted by Crippen LogP contribution is 2.30. The molecular formula is C35H49N11O9S2. The molecule has 7 amide bonds. The molecule has 6 atom stereocenters. The molecule has 0 saturated carbocycles. The van der Waals surface area contributed by atoms with E-state index in [1.54, 1.807) is 6.20 Å². The van der Waals surface area contributed by atoms with Crippen LogP contribution in [-0.4, -0.2) is 130 Å². The van der Waals surface area contributed by atoms with E-state index in [0.29, 0.717) is 24.8 Å². The molecule has 1 aliphatic carbocycles. The number of fused-ring (bicyclic) bond motifs is 2. The average molecular weight is 832 g/mol. The predicted molar refractivity (Wildman–Crippen MR) is 213 cm³/mol. The minimum absolute atomic E-state index is 0.0199. The number of carboxylic acid groups (broad SMARTS) is 1. The van der Waals surface area contributed by atoms with E-state index < -0.39 is 90.5 Å². The zero-order valence-electron chi connectivity index (χ0n) is 31.1. The number of hydrogen-bond donors (Lipinski definition) is 9. The second kappa shape index (κ2) is 21.8. The molecule has 3 heterocycles. The second-order valence-electron chi connectivity index (χ2n) is 13.6. The fourth-order valence-electron chi connectivity index (χ4n) is 6.49. The average Bonchev–Trinajstić information content (AvgIpc) is 3.82. The van der Waals surface area contributed by atoms with Crippen LogP contribution in [0.1, 0.15) is 51.4 Å². The standard InChI is InChI=1S/C35H49N11O9S2/c36-30(51)25-18-57-56-13-10-27(47)42-22(8-3-4-11-39-35(37)38)31(52)41-17-28(48)43-23(15-29(49)50)32(53)44-24(14-19-16-40-21-7-2-1-6-20(19)21)34(55)46-12-5-9-26(46)33(54)45-25/h1-2,6-7,16,20,22-26H,3-5,8-15,17-18H2,(H2,36,51)(H,41,52)(H,42,47)(H,43,48)(H,44,53)(H,45,54)(H,49,50)(H4,37,38,39)/t20?,22-,23-,24-,25-,26-/m0/s1. The van der Waals surface area contributed by atoms with Crippen molar-refractivity contribution in [1.82, 2.24) is 31.5 Å². The lowest BCUT2D eigenvalue weighted by atomic mass is 9.88. The van der Waals surface area contributed by atoms with Crippen LogP contribution >= 0.6 is 21.6 Å². The second-order valence-corrected chi connectivity index (χ2v) is 16.2. The van der Waals surface area contributed by atoms with Crippen molar-refractivity contribution in [3.05, 3.63) is 36.1 Å². The van der Waals surface area contributed by atoms with Crippen molar-refractivity contribution >= 4 is 80.6 Å². The fraction of sp³-hybridized carbons (Fsp3) is 0.543. The maximum Gasteiger partial charge on any atom is 0.305 e. The highest BCUT2D eigenvalue weighted by atomic mass is 33.1. The molecule has 0 aromatic heterocycles. The van der Waals surface area contributed by atoms with E-state index in [1.807, 2.05) is 24.3 Å². The summed E-state index contributed by atoms with van der Waals surface area (Å²) in [6, 6.07) is -6.20. The molecule has 2 saturated heterocycles. The molecule has 0 aromatic carbocycles. The largest absolute Gasteiger partial charge is 0.481 e. The lowest BCUT2D eigenvalue weighted by Crippen LogP contribution is -2.58. The van der Waals surface area contributed by atoms with E-state index >= 15 is 0 Å². The van der Waals surface area contributed by atoms with Crippen LogP contribution in [0.4, 0.5) is 0 Å². The molecule has 2 fully saturated rings. The van der Waals surface area contributed by atoms with Gasteiger partial charge in [0.2, 0.25) is 41.4 Å². The van der Waals surface area contributed by atoms with E-state index in [0.717, 1.165) is 5.71 Å². The number of amides is 7. The van der Waals surface area contributed by atoms with Gasteiger partial charge in [0, 0.05) is 49.6 Å². The number of primary amides is 1. The Kier molecular flexibility index (Phi) is 17.0. The Morgan fingerprint density at radius 3 is 2.42 bits per heavy atom. The number of aliphatic carboxylic acids is 1. The number of carbonyl (C=O) groups excluding carboxylic acids is 7. The highest BCUT2D eigenvalue weighted by molar-refractivity contribution is 8.76. The Bertz CT molecular complexity index is 1730. The summed E-state index contributed by atoms with van der Waals surface area (Å²) in [5, 5.41) is 22.3. The quantitative estimate of drug-likeness (QED) is 0.0485. The van der Waals surface area contributed by atoms with Crippen molar-refractivity contribution in [1.29, 1.82) is 0 Å². The van der Waals surface area contributed by atoms with Crippen LogP contribution in [0.3, 0.4) is 0 Å². The number of nitrogens with two attached hydrogens (primary N) is 3. The number of nitrogens with zero attached hydrogens (tertiary/aromatic N) is 3. The fourth-order valence-corrected chi connectivity index (χ4v) is 8.66. The van der Waals surface area contributed by atoms with Crippen LogP contribution < -0.4 is 43.8 Å². The van der Waals surface area contributed by atoms with Gasteiger partial charge in [-0.05, 0) is 43.8 Å². The topological polar surface area (TPSA) is 323 Å². The van der Waals surface area contributed by atoms with Gasteiger partial charge in [0.05, 0.1) is 18.7 Å². The number of carbonyl (C=O) groups is 8. The summed E-state index contributed by atoms with van der Waals surface area (Å²) < 4.78 is 0. The molecule has 0 bridgehead atoms. The summed E-state index contributed by atoms with van der Waals surface area (Å²) in [6.45, 7) is -0.235. The summed E-state index contributed by atoms with van der Waals surface area (Å²) in [4.78, 5) is 115. The maximum atomic E-state index is 14.3. The van der Waals surface area contributed by atoms with Gasteiger partial charge in [0.1, 0.15) is 30.2 Å². The molecule has 57 heavy (non-hydrogen) atoms. The first kappa shape index (κ1) is 44.3. The predicted octanol–water partition coefficient (Wildman–Crippen LogP) is -2.31. The van der Waals surface area contributed by atoms with E-state index in [9.17, 15) is 43.5 Å². The number of allylic oxidation sites excluding steroid dienone is 4. The normalized spacial score (nSPS) is 26.7. The molecule has 22 heteroatoms. The van der Waals surface area contributed by atoms with E-state index in [2.05, 4.69) is 36.6 Å². The summed E-state index contributed by atoms with van der Waals surface area (Å²) in [5.41, 5.74) is 17.8. The number of hydrogen-bond acceptors (Lipinski definition) is 12. The maximum absolute atomic E-state index is 14.3. The number of rotatable bonds is 10. The van der Waals surface area contributed by atoms with Crippen LogP contribution in [-0.2, 0) is 38.4 Å². The Morgan fingerprint density at radius 2 is 1.68 bits per heavy atom. The zero-order chi connectivity index (χ0) is 41.5. The number of nitrogens with one attached hydrogen (secondary N) is 5. The van der Waals surface area contributed by atoms with Gasteiger partial charge in [-0.1, -0.05) is 39.8 Å². The molecule has 3 aliphatic heterocycles. The first-order valence-electron chi connectivity index (χ1n) is 18.4. The van der Waals surface area contributed by atoms with E-state index in [-0.39, 0.29) is 62.2 Å². The van der Waals surface area contributed by atoms with Crippen LogP contribution in [0.2, 0.25) is 0 Å². The van der Waals surface area contributed by atoms with Crippen molar-refractivity contribution in [3.63, 3.8) is 0 Å². The first-order chi connectivity index (χ1) is 27.2. The molecule has 1 unspecified atom stereocenters. The van der Waals surface area contributed by atoms with Gasteiger partial charge in [0.25, 0.3) is 0 Å². The number of guanidine groups is 1. The molecule has 0 spiro atoms. The molecule has 0 aromatic rings. The summed E-state index contributed by atoms with van der Waals surface area (Å²) in [7, 11) is 2.45. The lowest BCUT2D eigenvalue weighted by molar-refractivity contribution is -0.143. The smallest absolute Gasteiger partial charge is 0.305 e. The van der Waals surface area contributed by atoms with Gasteiger partial charge in [-0.15, -0.1) is 0 Å². The van der Waals surface area contributed by atoms with Crippen LogP contribution in [0.5, 0.6) is 0 Å². The SMILES string of the molecule is NC(=O)[C@@H]1CSSCCC(=O)N[C@@H](CCCCN=C(N)N)C(=O)NCC(=O)N[C@@H](CC(=O)O)C(=O)N[C@@H](CC2=CN=C3C=CC=CC23)C(=O)N2CCC[C@H]2C(=O)N1. The molecule has 4 rings (SSSR count). The lowest BCUT2D eigenvalue weighted by Gasteiger charge is -2.31. The van der Waals surface area contributed by atoms with Gasteiger partial charge in [-0.25, -0.2) is 0 Å². The zero-order valence-corrected chi connectivity index (χ0v) is 32.8. The number of aliphatic imine (C=N–C) groups is 2. The van der Waals surface area contributed by atoms with Crippen molar-refractivity contribution < 1.29 is 43.5 Å². The first-order valence-corrected chi connectivity index (χ1v) is 20.9. The molecular weight excluding hydrogens is 783 g/mol. The van der Waals surface area contributed by atoms with E-state index in [1.165, 1.54) is 26.5 Å². The summed E-state index contributed by atoms with van der Waals surface area (Å²) in [5.74, 6) is -6.64. The van der Waals surface area contributed by atoms with Gasteiger partial charge >= 0.3 is 5.97 Å². The molecule has 20 nitrogen and oxygen atoms in total. The van der Waals surface area contributed by atoms with Gasteiger partial charge in [0.15, 0.2) is 5.96 Å². The Hall–Kier alpha value is -5.38. The Balaban J connectivity index is 1.59. The van der Waals surface area contributed by atoms with Crippen molar-refractivity contribution in [2.45, 2.75) is 81.6 Å². The van der Waals surface area contributed by atoms with Crippen LogP contribution in [0.15, 0.2) is 46.1 Å². The molecule has 310 valence electrons. The molecule has 0 radical (unpaired) electrons. The minimum Gasteiger partial charge on any atom is -0.481 e. The minimum atomic E-state index is -1.68. The van der Waals surface area contributed by atoms with Gasteiger partial charge in [-0.2, -0.15) is 0 Å². The molecule has 12 N–H and O–H groups in total. The van der Waals surface area contributed by atoms with Crippen LogP contribution in [0, 0.1) is 5.92 Å². The van der Waals surface area contributed by atoms with Crippen LogP contribution in [0.25, 0.3) is 0 Å².